The maximum Gasteiger partial charge on any atom is 0.408 e. The summed E-state index contributed by atoms with van der Waals surface area (Å²) in [6, 6.07) is -4.17. The van der Waals surface area contributed by atoms with Crippen molar-refractivity contribution in [1.29, 1.82) is 0 Å². The average Bonchev–Trinajstić information content (AvgIpc) is 2.57. The Bertz CT molecular complexity index is 784. The van der Waals surface area contributed by atoms with Gasteiger partial charge in [0, 0.05) is 14.1 Å². The van der Waals surface area contributed by atoms with Crippen molar-refractivity contribution in [2.24, 2.45) is 5.41 Å². The summed E-state index contributed by atoms with van der Waals surface area (Å²) in [5.41, 5.74) is -1.20. The number of halogens is 6. The molecular formula is C17H22F6N6O. The quantitative estimate of drug-likeness (QED) is 0.541. The van der Waals surface area contributed by atoms with Crippen LogP contribution in [0.1, 0.15) is 33.5 Å². The van der Waals surface area contributed by atoms with E-state index in [-0.39, 0.29) is 5.91 Å². The summed E-state index contributed by atoms with van der Waals surface area (Å²) in [7, 11) is 3.02. The molecule has 13 heteroatoms. The van der Waals surface area contributed by atoms with Gasteiger partial charge < -0.3 is 15.5 Å². The molecule has 7 nitrogen and oxygen atoms in total. The number of rotatable bonds is 5. The number of carbonyl (C=O) groups is 1. The number of carbonyl (C=O) groups excluding carboxylic acids is 1. The van der Waals surface area contributed by atoms with Crippen molar-refractivity contribution in [3.8, 4) is 11.8 Å². The second kappa shape index (κ2) is 8.93. The summed E-state index contributed by atoms with van der Waals surface area (Å²) in [5.74, 6) is 3.00. The third-order valence-electron chi connectivity index (χ3n) is 3.74. The van der Waals surface area contributed by atoms with Gasteiger partial charge >= 0.3 is 12.4 Å². The Morgan fingerprint density at radius 2 is 1.30 bits per heavy atom. The van der Waals surface area contributed by atoms with Gasteiger partial charge in [0.1, 0.15) is 17.5 Å². The first kappa shape index (κ1) is 25.3. The number of hydrogen-bond acceptors (Lipinski definition) is 6. The SMILES string of the molecule is C[C@@H](Nc1nc(C#CC(C)(C)C(=O)N(C)C)nc(N[C@H](C)C(F)(F)F)n1)C(F)(F)F. The van der Waals surface area contributed by atoms with Crippen LogP contribution in [0.25, 0.3) is 0 Å². The Kier molecular flexibility index (Phi) is 7.52. The van der Waals surface area contributed by atoms with Crippen LogP contribution in [0, 0.1) is 17.3 Å². The molecule has 1 aromatic rings. The number of amides is 1. The number of nitrogens with zero attached hydrogens (tertiary/aromatic N) is 4. The van der Waals surface area contributed by atoms with Gasteiger partial charge in [0.05, 0.1) is 0 Å². The second-order valence-corrected chi connectivity index (χ2v) is 7.20. The predicted molar refractivity (Wildman–Crippen MR) is 97.5 cm³/mol. The van der Waals surface area contributed by atoms with E-state index in [1.807, 2.05) is 10.6 Å². The molecule has 0 unspecified atom stereocenters. The highest BCUT2D eigenvalue weighted by Gasteiger charge is 2.38. The fourth-order valence-electron chi connectivity index (χ4n) is 1.94. The second-order valence-electron chi connectivity index (χ2n) is 7.20. The number of nitrogens with one attached hydrogen (secondary N) is 2. The fraction of sp³-hybridized carbons (Fsp3) is 0.647. The molecule has 0 spiro atoms. The molecular weight excluding hydrogens is 418 g/mol. The van der Waals surface area contributed by atoms with Crippen molar-refractivity contribution in [2.45, 2.75) is 52.1 Å². The van der Waals surface area contributed by atoms with Crippen LogP contribution in [0.5, 0.6) is 0 Å². The standard InChI is InChI=1S/C17H22F6N6O/c1-9(16(18,19)20)24-13-26-11(7-8-15(3,4)12(30)29(5)6)27-14(28-13)25-10(2)17(21,22)23/h9-10H,1-6H3,(H2,24,25,26,27,28)/t9-,10-/m1/s1. The minimum Gasteiger partial charge on any atom is -0.348 e. The maximum absolute atomic E-state index is 12.8. The molecule has 0 bridgehead atoms. The minimum atomic E-state index is -4.65. The Morgan fingerprint density at radius 3 is 1.63 bits per heavy atom. The highest BCUT2D eigenvalue weighted by Crippen LogP contribution is 2.24. The van der Waals surface area contributed by atoms with E-state index in [1.54, 1.807) is 0 Å². The lowest BCUT2D eigenvalue weighted by Crippen LogP contribution is -2.35. The van der Waals surface area contributed by atoms with E-state index >= 15 is 0 Å². The van der Waals surface area contributed by atoms with Crippen LogP contribution in [-0.2, 0) is 4.79 Å². The lowest BCUT2D eigenvalue weighted by Gasteiger charge is -2.21. The fourth-order valence-corrected chi connectivity index (χ4v) is 1.94. The highest BCUT2D eigenvalue weighted by molar-refractivity contribution is 5.84. The first-order valence-electron chi connectivity index (χ1n) is 8.61. The molecule has 168 valence electrons. The summed E-state index contributed by atoms with van der Waals surface area (Å²) in [5, 5.41) is 3.92. The van der Waals surface area contributed by atoms with E-state index in [4.69, 9.17) is 0 Å². The van der Waals surface area contributed by atoms with Gasteiger partial charge in [-0.15, -0.1) is 0 Å². The Morgan fingerprint density at radius 1 is 0.900 bits per heavy atom. The lowest BCUT2D eigenvalue weighted by molar-refractivity contribution is -0.139. The molecule has 0 radical (unpaired) electrons. The predicted octanol–water partition coefficient (Wildman–Crippen LogP) is 3.06. The molecule has 0 aromatic carbocycles. The minimum absolute atomic E-state index is 0.364. The van der Waals surface area contributed by atoms with Crippen LogP contribution in [0.15, 0.2) is 0 Å². The molecule has 0 fully saturated rings. The van der Waals surface area contributed by atoms with E-state index in [1.165, 1.54) is 32.8 Å². The topological polar surface area (TPSA) is 83.0 Å². The molecule has 0 aliphatic carbocycles. The van der Waals surface area contributed by atoms with Crippen molar-refractivity contribution >= 4 is 17.8 Å². The first-order valence-corrected chi connectivity index (χ1v) is 8.61. The van der Waals surface area contributed by atoms with Crippen molar-refractivity contribution in [3.05, 3.63) is 5.82 Å². The van der Waals surface area contributed by atoms with Gasteiger partial charge in [0.15, 0.2) is 0 Å². The van der Waals surface area contributed by atoms with Gasteiger partial charge in [-0.1, -0.05) is 5.92 Å². The van der Waals surface area contributed by atoms with Gasteiger partial charge in [-0.25, -0.2) is 0 Å². The molecule has 1 amide bonds. The third kappa shape index (κ3) is 7.23. The normalized spacial score (nSPS) is 14.3. The molecule has 0 saturated heterocycles. The van der Waals surface area contributed by atoms with Crippen LogP contribution in [0.4, 0.5) is 38.2 Å². The summed E-state index contributed by atoms with van der Waals surface area (Å²) >= 11 is 0. The summed E-state index contributed by atoms with van der Waals surface area (Å²) in [6.07, 6.45) is -9.29. The van der Waals surface area contributed by atoms with Crippen LogP contribution in [-0.4, -0.2) is 64.3 Å². The smallest absolute Gasteiger partial charge is 0.348 e. The molecule has 0 aliphatic rings. The molecule has 0 aliphatic heterocycles. The lowest BCUT2D eigenvalue weighted by atomic mass is 9.93. The largest absolute Gasteiger partial charge is 0.408 e. The maximum atomic E-state index is 12.8. The van der Waals surface area contributed by atoms with Gasteiger partial charge in [-0.3, -0.25) is 4.79 Å². The van der Waals surface area contributed by atoms with Crippen LogP contribution >= 0.6 is 0 Å². The van der Waals surface area contributed by atoms with Gasteiger partial charge in [-0.05, 0) is 33.6 Å². The molecule has 1 heterocycles. The van der Waals surface area contributed by atoms with Crippen molar-refractivity contribution in [3.63, 3.8) is 0 Å². The zero-order valence-corrected chi connectivity index (χ0v) is 17.1. The Hall–Kier alpha value is -2.78. The number of hydrogen-bond donors (Lipinski definition) is 2. The summed E-state index contributed by atoms with van der Waals surface area (Å²) in [6.45, 7) is 4.58. The molecule has 30 heavy (non-hydrogen) atoms. The number of anilines is 2. The number of aromatic nitrogens is 3. The number of alkyl halides is 6. The first-order chi connectivity index (χ1) is 13.4. The van der Waals surface area contributed by atoms with E-state index < -0.39 is 47.6 Å². The van der Waals surface area contributed by atoms with Crippen LogP contribution in [0.3, 0.4) is 0 Å². The van der Waals surface area contributed by atoms with E-state index in [0.29, 0.717) is 0 Å². The Balaban J connectivity index is 3.35. The van der Waals surface area contributed by atoms with E-state index in [2.05, 4.69) is 26.8 Å². The summed E-state index contributed by atoms with van der Waals surface area (Å²) < 4.78 is 76.8. The van der Waals surface area contributed by atoms with Gasteiger partial charge in [0.25, 0.3) is 0 Å². The zero-order chi connectivity index (χ0) is 23.5. The Labute approximate surface area is 169 Å². The summed E-state index contributed by atoms with van der Waals surface area (Å²) in [4.78, 5) is 24.4. The van der Waals surface area contributed by atoms with Crippen LogP contribution < -0.4 is 10.6 Å². The van der Waals surface area contributed by atoms with E-state index in [9.17, 15) is 31.1 Å². The van der Waals surface area contributed by atoms with Gasteiger partial charge in [0.2, 0.25) is 23.6 Å². The monoisotopic (exact) mass is 440 g/mol. The zero-order valence-electron chi connectivity index (χ0n) is 17.1. The molecule has 2 N–H and O–H groups in total. The van der Waals surface area contributed by atoms with Crippen molar-refractivity contribution < 1.29 is 31.1 Å². The molecule has 2 atom stereocenters. The van der Waals surface area contributed by atoms with Crippen molar-refractivity contribution in [2.75, 3.05) is 24.7 Å². The van der Waals surface area contributed by atoms with Gasteiger partial charge in [-0.2, -0.15) is 41.3 Å². The highest BCUT2D eigenvalue weighted by atomic mass is 19.4. The average molecular weight is 440 g/mol. The van der Waals surface area contributed by atoms with Crippen LogP contribution in [0.2, 0.25) is 0 Å². The molecule has 1 aromatic heterocycles. The van der Waals surface area contributed by atoms with Crippen molar-refractivity contribution in [1.82, 2.24) is 19.9 Å². The molecule has 1 rings (SSSR count). The molecule has 0 saturated carbocycles. The van der Waals surface area contributed by atoms with E-state index in [0.717, 1.165) is 13.8 Å². The third-order valence-corrected chi connectivity index (χ3v) is 3.74.